The molecule has 2 N–H and O–H groups in total. The molecule has 0 radical (unpaired) electrons. The number of furan rings is 1. The SMILES string of the molecule is CC(C)[C@@H](NC(=O)c1ccco1)C(=O)Nc1ccc(F)cc1F. The van der Waals surface area contributed by atoms with Crippen LogP contribution in [0.3, 0.4) is 0 Å². The van der Waals surface area contributed by atoms with Gasteiger partial charge in [0.2, 0.25) is 5.91 Å². The molecule has 0 aliphatic carbocycles. The molecule has 2 aromatic rings. The van der Waals surface area contributed by atoms with Gasteiger partial charge in [-0.05, 0) is 30.2 Å². The number of carbonyl (C=O) groups excluding carboxylic acids is 2. The summed E-state index contributed by atoms with van der Waals surface area (Å²) in [5.41, 5.74) is -0.158. The number of anilines is 1. The Hall–Kier alpha value is -2.70. The molecule has 0 saturated heterocycles. The maximum Gasteiger partial charge on any atom is 0.287 e. The molecule has 2 amide bonds. The van der Waals surface area contributed by atoms with Crippen molar-refractivity contribution >= 4 is 17.5 Å². The Labute approximate surface area is 131 Å². The van der Waals surface area contributed by atoms with Crippen LogP contribution in [-0.2, 0) is 4.79 Å². The third kappa shape index (κ3) is 4.15. The molecule has 23 heavy (non-hydrogen) atoms. The molecule has 0 aliphatic rings. The van der Waals surface area contributed by atoms with E-state index in [0.717, 1.165) is 12.1 Å². The highest BCUT2D eigenvalue weighted by Crippen LogP contribution is 2.16. The summed E-state index contributed by atoms with van der Waals surface area (Å²) in [5, 5.41) is 4.87. The van der Waals surface area contributed by atoms with E-state index in [2.05, 4.69) is 10.6 Å². The third-order valence-corrected chi connectivity index (χ3v) is 3.17. The zero-order valence-electron chi connectivity index (χ0n) is 12.6. The summed E-state index contributed by atoms with van der Waals surface area (Å²) in [5.74, 6) is -2.98. The van der Waals surface area contributed by atoms with Crippen LogP contribution in [-0.4, -0.2) is 17.9 Å². The monoisotopic (exact) mass is 322 g/mol. The number of nitrogens with one attached hydrogen (secondary N) is 2. The second-order valence-electron chi connectivity index (χ2n) is 5.29. The van der Waals surface area contributed by atoms with Crippen LogP contribution in [0, 0.1) is 17.6 Å². The highest BCUT2D eigenvalue weighted by molar-refractivity contribution is 6.00. The van der Waals surface area contributed by atoms with E-state index in [1.807, 2.05) is 0 Å². The first-order chi connectivity index (χ1) is 10.9. The minimum absolute atomic E-state index is 0.0661. The number of halogens is 2. The van der Waals surface area contributed by atoms with Gasteiger partial charge < -0.3 is 15.1 Å². The molecule has 1 heterocycles. The first-order valence-corrected chi connectivity index (χ1v) is 6.98. The van der Waals surface area contributed by atoms with Gasteiger partial charge in [-0.1, -0.05) is 13.8 Å². The Bertz CT molecular complexity index is 699. The normalized spacial score (nSPS) is 12.0. The van der Waals surface area contributed by atoms with E-state index in [9.17, 15) is 18.4 Å². The van der Waals surface area contributed by atoms with Crippen molar-refractivity contribution in [2.24, 2.45) is 5.92 Å². The zero-order valence-corrected chi connectivity index (χ0v) is 12.6. The average molecular weight is 322 g/mol. The highest BCUT2D eigenvalue weighted by atomic mass is 19.1. The van der Waals surface area contributed by atoms with Gasteiger partial charge in [0.05, 0.1) is 12.0 Å². The quantitative estimate of drug-likeness (QED) is 0.889. The Morgan fingerprint density at radius 1 is 1.17 bits per heavy atom. The number of amides is 2. The molecule has 1 atom stereocenters. The van der Waals surface area contributed by atoms with E-state index in [0.29, 0.717) is 6.07 Å². The van der Waals surface area contributed by atoms with Crippen molar-refractivity contribution in [3.8, 4) is 0 Å². The van der Waals surface area contributed by atoms with E-state index >= 15 is 0 Å². The topological polar surface area (TPSA) is 71.3 Å². The molecule has 0 saturated carbocycles. The van der Waals surface area contributed by atoms with Crippen LogP contribution in [0.2, 0.25) is 0 Å². The lowest BCUT2D eigenvalue weighted by molar-refractivity contribution is -0.118. The van der Waals surface area contributed by atoms with E-state index in [1.54, 1.807) is 19.9 Å². The van der Waals surface area contributed by atoms with Crippen LogP contribution in [0.5, 0.6) is 0 Å². The van der Waals surface area contributed by atoms with Gasteiger partial charge in [0.1, 0.15) is 17.7 Å². The van der Waals surface area contributed by atoms with Crippen LogP contribution in [0.15, 0.2) is 41.0 Å². The molecule has 0 aliphatic heterocycles. The van der Waals surface area contributed by atoms with Crippen molar-refractivity contribution in [1.82, 2.24) is 5.32 Å². The maximum absolute atomic E-state index is 13.6. The van der Waals surface area contributed by atoms with Gasteiger partial charge >= 0.3 is 0 Å². The van der Waals surface area contributed by atoms with Gasteiger partial charge in [0.25, 0.3) is 5.91 Å². The minimum Gasteiger partial charge on any atom is -0.459 e. The first kappa shape index (κ1) is 16.7. The Morgan fingerprint density at radius 3 is 2.48 bits per heavy atom. The number of rotatable bonds is 5. The van der Waals surface area contributed by atoms with E-state index in [-0.39, 0.29) is 17.4 Å². The first-order valence-electron chi connectivity index (χ1n) is 6.98. The molecule has 5 nitrogen and oxygen atoms in total. The summed E-state index contributed by atoms with van der Waals surface area (Å²) in [6.07, 6.45) is 1.34. The highest BCUT2D eigenvalue weighted by Gasteiger charge is 2.26. The fourth-order valence-electron chi connectivity index (χ4n) is 1.96. The van der Waals surface area contributed by atoms with Crippen LogP contribution < -0.4 is 10.6 Å². The van der Waals surface area contributed by atoms with Crippen molar-refractivity contribution in [1.29, 1.82) is 0 Å². The second-order valence-corrected chi connectivity index (χ2v) is 5.29. The lowest BCUT2D eigenvalue weighted by Crippen LogP contribution is -2.47. The molecule has 1 aromatic heterocycles. The standard InChI is InChI=1S/C16H16F2N2O3/c1-9(2)14(20-15(21)13-4-3-7-23-13)16(22)19-12-6-5-10(17)8-11(12)18/h3-9,14H,1-2H3,(H,19,22)(H,20,21)/t14-/m1/s1. The summed E-state index contributed by atoms with van der Waals surface area (Å²) in [4.78, 5) is 24.3. The van der Waals surface area contributed by atoms with Crippen molar-refractivity contribution in [2.45, 2.75) is 19.9 Å². The fraction of sp³-hybridized carbons (Fsp3) is 0.250. The van der Waals surface area contributed by atoms with Gasteiger partial charge in [0.15, 0.2) is 5.76 Å². The molecular formula is C16H16F2N2O3. The molecule has 0 spiro atoms. The molecular weight excluding hydrogens is 306 g/mol. The van der Waals surface area contributed by atoms with Gasteiger partial charge in [-0.3, -0.25) is 9.59 Å². The lowest BCUT2D eigenvalue weighted by atomic mass is 10.0. The number of hydrogen-bond donors (Lipinski definition) is 2. The molecule has 2 rings (SSSR count). The smallest absolute Gasteiger partial charge is 0.287 e. The summed E-state index contributed by atoms with van der Waals surface area (Å²) in [7, 11) is 0. The Kier molecular flexibility index (Phi) is 5.10. The lowest BCUT2D eigenvalue weighted by Gasteiger charge is -2.21. The number of carbonyl (C=O) groups is 2. The average Bonchev–Trinajstić information content (AvgIpc) is 3.01. The molecule has 0 bridgehead atoms. The maximum atomic E-state index is 13.6. The molecule has 0 fully saturated rings. The van der Waals surface area contributed by atoms with E-state index < -0.39 is 29.5 Å². The van der Waals surface area contributed by atoms with Crippen LogP contribution in [0.25, 0.3) is 0 Å². The molecule has 1 aromatic carbocycles. The summed E-state index contributed by atoms with van der Waals surface area (Å²) in [6, 6.07) is 4.93. The minimum atomic E-state index is -0.906. The predicted octanol–water partition coefficient (Wildman–Crippen LogP) is 2.95. The summed E-state index contributed by atoms with van der Waals surface area (Å²) < 4.78 is 31.4. The summed E-state index contributed by atoms with van der Waals surface area (Å²) >= 11 is 0. The van der Waals surface area contributed by atoms with Crippen molar-refractivity contribution < 1.29 is 22.8 Å². The third-order valence-electron chi connectivity index (χ3n) is 3.17. The predicted molar refractivity (Wildman–Crippen MR) is 79.8 cm³/mol. The van der Waals surface area contributed by atoms with E-state index in [1.165, 1.54) is 12.3 Å². The Morgan fingerprint density at radius 2 is 1.91 bits per heavy atom. The number of hydrogen-bond acceptors (Lipinski definition) is 3. The van der Waals surface area contributed by atoms with Crippen LogP contribution >= 0.6 is 0 Å². The van der Waals surface area contributed by atoms with Gasteiger partial charge in [-0.2, -0.15) is 0 Å². The van der Waals surface area contributed by atoms with Crippen molar-refractivity contribution in [2.75, 3.05) is 5.32 Å². The fourth-order valence-corrected chi connectivity index (χ4v) is 1.96. The van der Waals surface area contributed by atoms with Gasteiger partial charge in [0, 0.05) is 6.07 Å². The summed E-state index contributed by atoms with van der Waals surface area (Å²) in [6.45, 7) is 3.46. The molecule has 122 valence electrons. The Balaban J connectivity index is 2.10. The van der Waals surface area contributed by atoms with Crippen LogP contribution in [0.4, 0.5) is 14.5 Å². The second kappa shape index (κ2) is 7.04. The molecule has 0 unspecified atom stereocenters. The largest absolute Gasteiger partial charge is 0.459 e. The van der Waals surface area contributed by atoms with E-state index in [4.69, 9.17) is 4.42 Å². The van der Waals surface area contributed by atoms with Crippen molar-refractivity contribution in [3.63, 3.8) is 0 Å². The van der Waals surface area contributed by atoms with Crippen LogP contribution in [0.1, 0.15) is 24.4 Å². The van der Waals surface area contributed by atoms with Gasteiger partial charge in [-0.25, -0.2) is 8.78 Å². The molecule has 7 heteroatoms. The van der Waals surface area contributed by atoms with Gasteiger partial charge in [-0.15, -0.1) is 0 Å². The van der Waals surface area contributed by atoms with Crippen molar-refractivity contribution in [3.05, 3.63) is 54.0 Å². The zero-order chi connectivity index (χ0) is 17.0. The number of benzene rings is 1.